The number of benzene rings is 1. The number of nitrogens with one attached hydrogen (secondary N) is 1. The molecule has 90 valence electrons. The molecular weight excluding hydrogens is 290 g/mol. The number of anilines is 2. The van der Waals surface area contributed by atoms with Crippen molar-refractivity contribution in [3.05, 3.63) is 51.6 Å². The molecule has 4 heteroatoms. The average Bonchev–Trinajstić information content (AvgIpc) is 2.34. The summed E-state index contributed by atoms with van der Waals surface area (Å²) in [7, 11) is 0. The van der Waals surface area contributed by atoms with Gasteiger partial charge in [-0.25, -0.2) is 4.98 Å². The highest BCUT2D eigenvalue weighted by molar-refractivity contribution is 9.10. The second kappa shape index (κ2) is 5.19. The van der Waals surface area contributed by atoms with Crippen molar-refractivity contribution in [1.82, 2.24) is 4.98 Å². The van der Waals surface area contributed by atoms with E-state index >= 15 is 0 Å². The van der Waals surface area contributed by atoms with Gasteiger partial charge in [0.05, 0.1) is 17.3 Å². The van der Waals surface area contributed by atoms with Gasteiger partial charge >= 0.3 is 0 Å². The van der Waals surface area contributed by atoms with Gasteiger partial charge in [-0.2, -0.15) is 5.26 Å². The summed E-state index contributed by atoms with van der Waals surface area (Å²) >= 11 is 3.54. The molecule has 0 aliphatic heterocycles. The monoisotopic (exact) mass is 301 g/mol. The van der Waals surface area contributed by atoms with E-state index < -0.39 is 0 Å². The van der Waals surface area contributed by atoms with Crippen molar-refractivity contribution in [1.29, 1.82) is 5.26 Å². The molecule has 0 aliphatic carbocycles. The predicted molar refractivity (Wildman–Crippen MR) is 75.9 cm³/mol. The van der Waals surface area contributed by atoms with Crippen molar-refractivity contribution in [2.24, 2.45) is 0 Å². The number of rotatable bonds is 2. The van der Waals surface area contributed by atoms with Gasteiger partial charge < -0.3 is 5.32 Å². The van der Waals surface area contributed by atoms with Crippen LogP contribution in [0.4, 0.5) is 11.5 Å². The van der Waals surface area contributed by atoms with E-state index in [1.165, 1.54) is 0 Å². The van der Waals surface area contributed by atoms with Crippen molar-refractivity contribution >= 4 is 27.4 Å². The lowest BCUT2D eigenvalue weighted by Crippen LogP contribution is -1.97. The van der Waals surface area contributed by atoms with Gasteiger partial charge in [-0.3, -0.25) is 0 Å². The fourth-order valence-corrected chi connectivity index (χ4v) is 2.04. The third-order valence-corrected chi connectivity index (χ3v) is 3.59. The molecule has 0 atom stereocenters. The van der Waals surface area contributed by atoms with E-state index in [2.05, 4.69) is 32.3 Å². The van der Waals surface area contributed by atoms with Crippen LogP contribution in [0.3, 0.4) is 0 Å². The Kier molecular flexibility index (Phi) is 3.63. The SMILES string of the molecule is Cc1cc(C#N)cc(Nc2cccc(C)c2Br)n1. The molecule has 0 radical (unpaired) electrons. The molecule has 1 aromatic heterocycles. The van der Waals surface area contributed by atoms with E-state index in [0.29, 0.717) is 11.4 Å². The molecule has 1 N–H and O–H groups in total. The average molecular weight is 302 g/mol. The van der Waals surface area contributed by atoms with Crippen molar-refractivity contribution in [3.63, 3.8) is 0 Å². The summed E-state index contributed by atoms with van der Waals surface area (Å²) in [4.78, 5) is 4.36. The van der Waals surface area contributed by atoms with E-state index in [-0.39, 0.29) is 0 Å². The molecule has 3 nitrogen and oxygen atoms in total. The Labute approximate surface area is 115 Å². The number of halogens is 1. The van der Waals surface area contributed by atoms with Crippen molar-refractivity contribution in [2.75, 3.05) is 5.32 Å². The van der Waals surface area contributed by atoms with Crippen molar-refractivity contribution in [2.45, 2.75) is 13.8 Å². The van der Waals surface area contributed by atoms with Crippen LogP contribution in [0.1, 0.15) is 16.8 Å². The molecule has 0 unspecified atom stereocenters. The summed E-state index contributed by atoms with van der Waals surface area (Å²) < 4.78 is 1.01. The Bertz CT molecular complexity index is 629. The topological polar surface area (TPSA) is 48.7 Å². The van der Waals surface area contributed by atoms with Crippen LogP contribution in [0.5, 0.6) is 0 Å². The van der Waals surface area contributed by atoms with Gasteiger partial charge in [0.2, 0.25) is 0 Å². The largest absolute Gasteiger partial charge is 0.339 e. The lowest BCUT2D eigenvalue weighted by molar-refractivity contribution is 1.19. The lowest BCUT2D eigenvalue weighted by Gasteiger charge is -2.10. The van der Waals surface area contributed by atoms with Crippen molar-refractivity contribution in [3.8, 4) is 6.07 Å². The first kappa shape index (κ1) is 12.6. The zero-order valence-corrected chi connectivity index (χ0v) is 11.7. The minimum atomic E-state index is 0.605. The molecule has 0 saturated carbocycles. The lowest BCUT2D eigenvalue weighted by atomic mass is 10.2. The van der Waals surface area contributed by atoms with Gasteiger partial charge in [-0.15, -0.1) is 0 Å². The fourth-order valence-electron chi connectivity index (χ4n) is 1.68. The van der Waals surface area contributed by atoms with E-state index in [1.54, 1.807) is 12.1 Å². The minimum absolute atomic E-state index is 0.605. The summed E-state index contributed by atoms with van der Waals surface area (Å²) in [5.41, 5.74) is 3.51. The molecular formula is C14H12BrN3. The minimum Gasteiger partial charge on any atom is -0.339 e. The molecule has 0 aliphatic rings. The van der Waals surface area contributed by atoms with Gasteiger partial charge in [-0.05, 0) is 53.5 Å². The van der Waals surface area contributed by atoms with Crippen LogP contribution in [-0.4, -0.2) is 4.98 Å². The standard InChI is InChI=1S/C14H12BrN3/c1-9-4-3-5-12(14(9)15)18-13-7-11(8-16)6-10(2)17-13/h3-7H,1-2H3,(H,17,18). The highest BCUT2D eigenvalue weighted by Gasteiger charge is 2.05. The Morgan fingerprint density at radius 2 is 2.06 bits per heavy atom. The molecule has 18 heavy (non-hydrogen) atoms. The maximum absolute atomic E-state index is 8.94. The molecule has 0 spiro atoms. The zero-order chi connectivity index (χ0) is 13.1. The zero-order valence-electron chi connectivity index (χ0n) is 10.2. The number of hydrogen-bond donors (Lipinski definition) is 1. The Hall–Kier alpha value is -1.86. The summed E-state index contributed by atoms with van der Waals surface area (Å²) in [5.74, 6) is 0.679. The predicted octanol–water partition coefficient (Wildman–Crippen LogP) is 4.08. The number of nitriles is 1. The van der Waals surface area contributed by atoms with Crippen LogP contribution < -0.4 is 5.32 Å². The number of nitrogens with zero attached hydrogens (tertiary/aromatic N) is 2. The Balaban J connectivity index is 2.37. The molecule has 0 saturated heterocycles. The molecule has 1 heterocycles. The number of aryl methyl sites for hydroxylation is 2. The summed E-state index contributed by atoms with van der Waals surface area (Å²) in [6.07, 6.45) is 0. The summed E-state index contributed by atoms with van der Waals surface area (Å²) in [5, 5.41) is 12.2. The Morgan fingerprint density at radius 3 is 2.78 bits per heavy atom. The third kappa shape index (κ3) is 2.69. The number of pyridine rings is 1. The highest BCUT2D eigenvalue weighted by Crippen LogP contribution is 2.28. The molecule has 2 aromatic rings. The Morgan fingerprint density at radius 1 is 1.28 bits per heavy atom. The van der Waals surface area contributed by atoms with Gasteiger partial charge in [0.25, 0.3) is 0 Å². The fraction of sp³-hybridized carbons (Fsp3) is 0.143. The van der Waals surface area contributed by atoms with Crippen LogP contribution in [0.15, 0.2) is 34.8 Å². The molecule has 1 aromatic carbocycles. The molecule has 0 fully saturated rings. The van der Waals surface area contributed by atoms with E-state index in [1.807, 2.05) is 32.0 Å². The first-order valence-electron chi connectivity index (χ1n) is 5.51. The normalized spacial score (nSPS) is 9.89. The van der Waals surface area contributed by atoms with Gasteiger partial charge in [0.1, 0.15) is 5.82 Å². The van der Waals surface area contributed by atoms with Crippen LogP contribution in [0.2, 0.25) is 0 Å². The molecule has 0 amide bonds. The molecule has 0 bridgehead atoms. The second-order valence-electron chi connectivity index (χ2n) is 4.06. The van der Waals surface area contributed by atoms with Gasteiger partial charge in [0, 0.05) is 10.2 Å². The number of hydrogen-bond acceptors (Lipinski definition) is 3. The first-order valence-corrected chi connectivity index (χ1v) is 6.30. The summed E-state index contributed by atoms with van der Waals surface area (Å²) in [6, 6.07) is 11.6. The van der Waals surface area contributed by atoms with E-state index in [0.717, 1.165) is 21.4 Å². The quantitative estimate of drug-likeness (QED) is 0.909. The summed E-state index contributed by atoms with van der Waals surface area (Å²) in [6.45, 7) is 3.90. The first-order chi connectivity index (χ1) is 8.60. The smallest absolute Gasteiger partial charge is 0.131 e. The van der Waals surface area contributed by atoms with Crippen LogP contribution >= 0.6 is 15.9 Å². The number of aromatic nitrogens is 1. The van der Waals surface area contributed by atoms with Crippen LogP contribution in [-0.2, 0) is 0 Å². The maximum atomic E-state index is 8.94. The highest BCUT2D eigenvalue weighted by atomic mass is 79.9. The third-order valence-electron chi connectivity index (χ3n) is 2.54. The molecule has 2 rings (SSSR count). The van der Waals surface area contributed by atoms with Gasteiger partial charge in [-0.1, -0.05) is 12.1 Å². The second-order valence-corrected chi connectivity index (χ2v) is 4.85. The maximum Gasteiger partial charge on any atom is 0.131 e. The van der Waals surface area contributed by atoms with E-state index in [9.17, 15) is 0 Å². The van der Waals surface area contributed by atoms with Crippen molar-refractivity contribution < 1.29 is 0 Å². The van der Waals surface area contributed by atoms with E-state index in [4.69, 9.17) is 5.26 Å². The van der Waals surface area contributed by atoms with Gasteiger partial charge in [0.15, 0.2) is 0 Å². The van der Waals surface area contributed by atoms with Crippen LogP contribution in [0, 0.1) is 25.2 Å². The van der Waals surface area contributed by atoms with Crippen LogP contribution in [0.25, 0.3) is 0 Å².